The lowest BCUT2D eigenvalue weighted by Gasteiger charge is -2.35. The van der Waals surface area contributed by atoms with Gasteiger partial charge in [-0.05, 0) is 41.9 Å². The van der Waals surface area contributed by atoms with E-state index in [9.17, 15) is 4.79 Å². The first-order valence-electron chi connectivity index (χ1n) is 6.59. The second-order valence-electron chi connectivity index (χ2n) is 6.26. The normalized spacial score (nSPS) is 20.6. The van der Waals surface area contributed by atoms with E-state index in [4.69, 9.17) is 0 Å². The predicted octanol–water partition coefficient (Wildman–Crippen LogP) is 1.77. The fraction of sp³-hybridized carbons (Fsp3) is 0.643. The molecule has 1 unspecified atom stereocenters. The second-order valence-corrected chi connectivity index (χ2v) is 7.04. The zero-order chi connectivity index (χ0) is 14.0. The monoisotopic (exact) mass is 281 g/mol. The van der Waals surface area contributed by atoms with Crippen LogP contribution < -0.4 is 5.32 Å². The second kappa shape index (κ2) is 5.61. The summed E-state index contributed by atoms with van der Waals surface area (Å²) in [5, 5.41) is 7.48. The van der Waals surface area contributed by atoms with Crippen LogP contribution >= 0.6 is 11.3 Å². The predicted molar refractivity (Wildman–Crippen MR) is 79.1 cm³/mol. The van der Waals surface area contributed by atoms with Crippen molar-refractivity contribution in [3.05, 3.63) is 22.4 Å². The van der Waals surface area contributed by atoms with Crippen molar-refractivity contribution >= 4 is 17.2 Å². The lowest BCUT2D eigenvalue weighted by molar-refractivity contribution is -0.129. The van der Waals surface area contributed by atoms with Crippen LogP contribution in [0.2, 0.25) is 0 Å². The Kier molecular flexibility index (Phi) is 4.28. The number of thiophene rings is 1. The van der Waals surface area contributed by atoms with Crippen LogP contribution in [0.15, 0.2) is 16.8 Å². The van der Waals surface area contributed by atoms with Crippen LogP contribution in [0, 0.1) is 5.41 Å². The van der Waals surface area contributed by atoms with E-state index in [2.05, 4.69) is 55.0 Å². The summed E-state index contributed by atoms with van der Waals surface area (Å²) in [7, 11) is 4.14. The first kappa shape index (κ1) is 14.5. The molecule has 0 aromatic carbocycles. The number of rotatable bonds is 5. The minimum Gasteiger partial charge on any atom is -0.321 e. The van der Waals surface area contributed by atoms with Crippen molar-refractivity contribution in [2.45, 2.75) is 20.0 Å². The van der Waals surface area contributed by atoms with Gasteiger partial charge in [-0.25, -0.2) is 0 Å². The highest BCUT2D eigenvalue weighted by Gasteiger charge is 2.35. The molecule has 1 fully saturated rings. The molecule has 0 spiro atoms. The van der Waals surface area contributed by atoms with Gasteiger partial charge in [0.05, 0.1) is 6.54 Å². The fourth-order valence-corrected chi connectivity index (χ4v) is 3.49. The summed E-state index contributed by atoms with van der Waals surface area (Å²) in [6.45, 7) is 6.61. The van der Waals surface area contributed by atoms with Crippen molar-refractivity contribution in [2.75, 3.05) is 33.7 Å². The molecule has 19 heavy (non-hydrogen) atoms. The molecule has 1 saturated heterocycles. The molecule has 1 aliphatic rings. The lowest BCUT2D eigenvalue weighted by atomic mass is 9.92. The van der Waals surface area contributed by atoms with Crippen molar-refractivity contribution in [1.82, 2.24) is 15.1 Å². The first-order chi connectivity index (χ1) is 8.89. The molecule has 1 aromatic rings. The minimum atomic E-state index is 0.0418. The summed E-state index contributed by atoms with van der Waals surface area (Å²) >= 11 is 1.67. The third-order valence-electron chi connectivity index (χ3n) is 3.28. The summed E-state index contributed by atoms with van der Waals surface area (Å²) in [5.74, 6) is 0.197. The number of hydrogen-bond donors (Lipinski definition) is 1. The summed E-state index contributed by atoms with van der Waals surface area (Å²) in [4.78, 5) is 16.2. The number of amides is 1. The van der Waals surface area contributed by atoms with E-state index in [0.717, 1.165) is 13.1 Å². The Labute approximate surface area is 119 Å². The molecule has 5 heteroatoms. The van der Waals surface area contributed by atoms with Crippen LogP contribution in [-0.4, -0.2) is 49.4 Å². The fourth-order valence-electron chi connectivity index (χ4n) is 2.81. The van der Waals surface area contributed by atoms with Crippen molar-refractivity contribution in [1.29, 1.82) is 0 Å². The Balaban J connectivity index is 2.10. The number of nitrogens with one attached hydrogen (secondary N) is 1. The quantitative estimate of drug-likeness (QED) is 0.893. The molecule has 1 aliphatic heterocycles. The Morgan fingerprint density at radius 1 is 1.53 bits per heavy atom. The highest BCUT2D eigenvalue weighted by atomic mass is 32.1. The van der Waals surface area contributed by atoms with Gasteiger partial charge in [0.1, 0.15) is 6.17 Å². The highest BCUT2D eigenvalue weighted by molar-refractivity contribution is 7.07. The molecule has 4 nitrogen and oxygen atoms in total. The number of nitrogens with zero attached hydrogens (tertiary/aromatic N) is 2. The van der Waals surface area contributed by atoms with Gasteiger partial charge in [-0.3, -0.25) is 10.1 Å². The largest absolute Gasteiger partial charge is 0.321 e. The van der Waals surface area contributed by atoms with Gasteiger partial charge in [0.25, 0.3) is 0 Å². The Morgan fingerprint density at radius 3 is 2.84 bits per heavy atom. The van der Waals surface area contributed by atoms with Gasteiger partial charge in [0, 0.05) is 13.1 Å². The molecule has 1 N–H and O–H groups in total. The van der Waals surface area contributed by atoms with E-state index in [1.54, 1.807) is 11.3 Å². The van der Waals surface area contributed by atoms with Crippen LogP contribution in [0.4, 0.5) is 0 Å². The van der Waals surface area contributed by atoms with Crippen molar-refractivity contribution < 1.29 is 4.79 Å². The van der Waals surface area contributed by atoms with Gasteiger partial charge >= 0.3 is 0 Å². The molecule has 0 bridgehead atoms. The van der Waals surface area contributed by atoms with Gasteiger partial charge < -0.3 is 9.80 Å². The molecule has 0 aliphatic carbocycles. The third-order valence-corrected chi connectivity index (χ3v) is 3.98. The van der Waals surface area contributed by atoms with Gasteiger partial charge in [-0.15, -0.1) is 0 Å². The Morgan fingerprint density at radius 2 is 2.26 bits per heavy atom. The number of carbonyl (C=O) groups is 1. The van der Waals surface area contributed by atoms with Crippen LogP contribution in [0.1, 0.15) is 25.6 Å². The molecule has 0 radical (unpaired) electrons. The first-order valence-corrected chi connectivity index (χ1v) is 7.53. The van der Waals surface area contributed by atoms with E-state index in [1.165, 1.54) is 5.56 Å². The average Bonchev–Trinajstić information content (AvgIpc) is 2.87. The molecular formula is C14H23N3OS. The van der Waals surface area contributed by atoms with Gasteiger partial charge in [-0.2, -0.15) is 11.3 Å². The molecule has 0 saturated carbocycles. The maximum absolute atomic E-state index is 12.1. The Bertz CT molecular complexity index is 428. The Hall–Kier alpha value is -0.910. The smallest absolute Gasteiger partial charge is 0.238 e. The minimum absolute atomic E-state index is 0.0418. The van der Waals surface area contributed by atoms with Crippen molar-refractivity contribution in [3.8, 4) is 0 Å². The number of hydrogen-bond acceptors (Lipinski definition) is 4. The molecule has 2 rings (SSSR count). The van der Waals surface area contributed by atoms with Crippen LogP contribution in [0.5, 0.6) is 0 Å². The van der Waals surface area contributed by atoms with E-state index >= 15 is 0 Å². The van der Waals surface area contributed by atoms with Gasteiger partial charge in [-0.1, -0.05) is 13.8 Å². The zero-order valence-corrected chi connectivity index (χ0v) is 13.0. The van der Waals surface area contributed by atoms with Crippen molar-refractivity contribution in [2.24, 2.45) is 5.41 Å². The van der Waals surface area contributed by atoms with Gasteiger partial charge in [0.15, 0.2) is 0 Å². The summed E-state index contributed by atoms with van der Waals surface area (Å²) in [6, 6.07) is 2.09. The molecule has 1 amide bonds. The highest BCUT2D eigenvalue weighted by Crippen LogP contribution is 2.28. The average molecular weight is 281 g/mol. The lowest BCUT2D eigenvalue weighted by Crippen LogP contribution is -2.42. The van der Waals surface area contributed by atoms with E-state index in [-0.39, 0.29) is 17.5 Å². The molecule has 1 atom stereocenters. The zero-order valence-electron chi connectivity index (χ0n) is 12.1. The maximum atomic E-state index is 12.1. The number of carbonyl (C=O) groups excluding carboxylic acids is 1. The molecule has 106 valence electrons. The van der Waals surface area contributed by atoms with Crippen molar-refractivity contribution in [3.63, 3.8) is 0 Å². The standard InChI is InChI=1S/C14H23N3OS/c1-14(2,9-16(3)4)10-17-12(18)7-15-13(17)11-5-6-19-8-11/h5-6,8,13,15H,7,9-10H2,1-4H3. The SMILES string of the molecule is CN(C)CC(C)(C)CN1C(=O)CNC1c1ccsc1. The third kappa shape index (κ3) is 3.55. The van der Waals surface area contributed by atoms with E-state index in [1.807, 2.05) is 4.90 Å². The van der Waals surface area contributed by atoms with E-state index < -0.39 is 0 Å². The molecule has 2 heterocycles. The molecule has 1 aromatic heterocycles. The van der Waals surface area contributed by atoms with Crippen LogP contribution in [-0.2, 0) is 4.79 Å². The summed E-state index contributed by atoms with van der Waals surface area (Å²) in [6.07, 6.45) is 0.0418. The topological polar surface area (TPSA) is 35.6 Å². The van der Waals surface area contributed by atoms with Crippen LogP contribution in [0.3, 0.4) is 0 Å². The maximum Gasteiger partial charge on any atom is 0.238 e. The van der Waals surface area contributed by atoms with E-state index in [0.29, 0.717) is 6.54 Å². The molecular weight excluding hydrogens is 258 g/mol. The van der Waals surface area contributed by atoms with Crippen LogP contribution in [0.25, 0.3) is 0 Å². The summed E-state index contributed by atoms with van der Waals surface area (Å²) < 4.78 is 0. The van der Waals surface area contributed by atoms with Gasteiger partial charge in [0.2, 0.25) is 5.91 Å². The summed E-state index contributed by atoms with van der Waals surface area (Å²) in [5.41, 5.74) is 1.27.